The number of thioether (sulfide) groups is 1. The fourth-order valence-electron chi connectivity index (χ4n) is 1.79. The van der Waals surface area contributed by atoms with E-state index in [-0.39, 0.29) is 5.75 Å². The molecule has 0 atom stereocenters. The highest BCUT2D eigenvalue weighted by molar-refractivity contribution is 7.99. The molecule has 21 heavy (non-hydrogen) atoms. The predicted molar refractivity (Wildman–Crippen MR) is 73.6 cm³/mol. The van der Waals surface area contributed by atoms with Gasteiger partial charge in [-0.05, 0) is 18.6 Å². The number of benzene rings is 1. The molecule has 5 nitrogen and oxygen atoms in total. The molecule has 1 aromatic heterocycles. The van der Waals surface area contributed by atoms with Crippen LogP contribution in [0, 0.1) is 11.6 Å². The molecule has 0 saturated heterocycles. The zero-order chi connectivity index (χ0) is 15.4. The lowest BCUT2D eigenvalue weighted by molar-refractivity contribution is -0.133. The molecule has 0 aliphatic carbocycles. The lowest BCUT2D eigenvalue weighted by Crippen LogP contribution is -2.05. The van der Waals surface area contributed by atoms with Crippen LogP contribution in [0.3, 0.4) is 0 Å². The van der Waals surface area contributed by atoms with Crippen LogP contribution in [0.2, 0.25) is 0 Å². The zero-order valence-electron chi connectivity index (χ0n) is 11.2. The highest BCUT2D eigenvalue weighted by Gasteiger charge is 2.16. The largest absolute Gasteiger partial charge is 0.481 e. The van der Waals surface area contributed by atoms with Crippen LogP contribution in [0.5, 0.6) is 0 Å². The van der Waals surface area contributed by atoms with Crippen LogP contribution in [0.25, 0.3) is 5.69 Å². The Hall–Kier alpha value is -1.96. The molecule has 0 radical (unpaired) electrons. The Balaban J connectivity index is 2.44. The van der Waals surface area contributed by atoms with Gasteiger partial charge in [0.25, 0.3) is 0 Å². The number of carbonyl (C=O) groups is 1. The number of aryl methyl sites for hydroxylation is 1. The Kier molecular flexibility index (Phi) is 4.89. The second kappa shape index (κ2) is 6.66. The normalized spacial score (nSPS) is 10.8. The molecule has 0 fully saturated rings. The first-order chi connectivity index (χ1) is 10.0. The molecule has 2 rings (SSSR count). The summed E-state index contributed by atoms with van der Waals surface area (Å²) in [4.78, 5) is 10.7. The predicted octanol–water partition coefficient (Wildman–Crippen LogP) is 2.67. The van der Waals surface area contributed by atoms with Gasteiger partial charge in [0.05, 0.1) is 11.4 Å². The molecule has 2 aromatic rings. The Morgan fingerprint density at radius 2 is 2.10 bits per heavy atom. The maximum atomic E-state index is 13.4. The molecule has 0 aliphatic heterocycles. The van der Waals surface area contributed by atoms with Crippen LogP contribution in [-0.2, 0) is 11.2 Å². The summed E-state index contributed by atoms with van der Waals surface area (Å²) in [6.07, 6.45) is 1.39. The van der Waals surface area contributed by atoms with Gasteiger partial charge in [0, 0.05) is 12.5 Å². The minimum atomic E-state index is -0.989. The van der Waals surface area contributed by atoms with Crippen molar-refractivity contribution >= 4 is 17.7 Å². The second-order valence-electron chi connectivity index (χ2n) is 4.27. The van der Waals surface area contributed by atoms with Crippen LogP contribution >= 0.6 is 11.8 Å². The van der Waals surface area contributed by atoms with E-state index in [0.717, 1.165) is 30.3 Å². The van der Waals surface area contributed by atoms with E-state index in [2.05, 4.69) is 10.2 Å². The number of nitrogens with zero attached hydrogens (tertiary/aromatic N) is 3. The van der Waals surface area contributed by atoms with E-state index in [1.165, 1.54) is 6.07 Å². The van der Waals surface area contributed by atoms with Gasteiger partial charge in [0.15, 0.2) is 16.8 Å². The first-order valence-corrected chi connectivity index (χ1v) is 7.25. The van der Waals surface area contributed by atoms with E-state index >= 15 is 0 Å². The lowest BCUT2D eigenvalue weighted by Gasteiger charge is -2.09. The van der Waals surface area contributed by atoms with Crippen molar-refractivity contribution in [1.82, 2.24) is 14.8 Å². The molecule has 0 spiro atoms. The number of carboxylic acid groups (broad SMARTS) is 1. The first-order valence-electron chi connectivity index (χ1n) is 6.27. The quantitative estimate of drug-likeness (QED) is 0.830. The number of aliphatic carboxylic acids is 1. The van der Waals surface area contributed by atoms with E-state index in [9.17, 15) is 13.6 Å². The van der Waals surface area contributed by atoms with Crippen LogP contribution in [-0.4, -0.2) is 31.6 Å². The van der Waals surface area contributed by atoms with Gasteiger partial charge in [-0.25, -0.2) is 8.78 Å². The third kappa shape index (κ3) is 3.57. The Morgan fingerprint density at radius 3 is 2.71 bits per heavy atom. The minimum absolute atomic E-state index is 0.187. The summed E-state index contributed by atoms with van der Waals surface area (Å²) >= 11 is 0.980. The van der Waals surface area contributed by atoms with Crippen molar-refractivity contribution in [3.8, 4) is 5.69 Å². The van der Waals surface area contributed by atoms with Gasteiger partial charge in [-0.15, -0.1) is 10.2 Å². The fraction of sp³-hybridized carbons (Fsp3) is 0.308. The highest BCUT2D eigenvalue weighted by atomic mass is 32.2. The molecule has 112 valence electrons. The van der Waals surface area contributed by atoms with Crippen molar-refractivity contribution in [2.75, 3.05) is 5.75 Å². The molecule has 0 amide bonds. The van der Waals surface area contributed by atoms with Crippen molar-refractivity contribution in [2.45, 2.75) is 24.9 Å². The van der Waals surface area contributed by atoms with Crippen molar-refractivity contribution in [3.63, 3.8) is 0 Å². The van der Waals surface area contributed by atoms with Gasteiger partial charge < -0.3 is 5.11 Å². The molecule has 0 aliphatic rings. The molecule has 0 unspecified atom stereocenters. The molecular formula is C13H13F2N3O2S. The van der Waals surface area contributed by atoms with Crippen LogP contribution < -0.4 is 0 Å². The van der Waals surface area contributed by atoms with Crippen molar-refractivity contribution in [3.05, 3.63) is 35.7 Å². The monoisotopic (exact) mass is 313 g/mol. The summed E-state index contributed by atoms with van der Waals surface area (Å²) in [7, 11) is 0. The molecule has 1 heterocycles. The smallest absolute Gasteiger partial charge is 0.313 e. The van der Waals surface area contributed by atoms with Crippen molar-refractivity contribution in [1.29, 1.82) is 0 Å². The Morgan fingerprint density at radius 1 is 1.33 bits per heavy atom. The van der Waals surface area contributed by atoms with E-state index in [1.54, 1.807) is 4.57 Å². The van der Waals surface area contributed by atoms with E-state index in [1.807, 2.05) is 6.92 Å². The standard InChI is InChI=1S/C13H13F2N3O2S/c1-2-3-11-16-17-13(21-7-12(19)20)18(11)8-4-5-9(14)10(15)6-8/h4-6H,2-3,7H2,1H3,(H,19,20). The van der Waals surface area contributed by atoms with Gasteiger partial charge >= 0.3 is 5.97 Å². The molecule has 1 aromatic carbocycles. The number of aromatic nitrogens is 3. The average Bonchev–Trinajstić information content (AvgIpc) is 2.83. The Labute approximate surface area is 124 Å². The van der Waals surface area contributed by atoms with Crippen LogP contribution in [0.1, 0.15) is 19.2 Å². The van der Waals surface area contributed by atoms with E-state index in [0.29, 0.717) is 23.1 Å². The Bertz CT molecular complexity index is 661. The van der Waals surface area contributed by atoms with Gasteiger partial charge in [-0.2, -0.15) is 0 Å². The van der Waals surface area contributed by atoms with Crippen molar-refractivity contribution in [2.24, 2.45) is 0 Å². The summed E-state index contributed by atoms with van der Waals surface area (Å²) in [5.41, 5.74) is 0.371. The maximum absolute atomic E-state index is 13.4. The average molecular weight is 313 g/mol. The number of hydrogen-bond acceptors (Lipinski definition) is 4. The molecule has 0 saturated carbocycles. The minimum Gasteiger partial charge on any atom is -0.481 e. The lowest BCUT2D eigenvalue weighted by atomic mass is 10.2. The zero-order valence-corrected chi connectivity index (χ0v) is 12.0. The second-order valence-corrected chi connectivity index (χ2v) is 5.21. The van der Waals surface area contributed by atoms with E-state index < -0.39 is 17.6 Å². The van der Waals surface area contributed by atoms with Gasteiger partial charge in [0.1, 0.15) is 5.82 Å². The SMILES string of the molecule is CCCc1nnc(SCC(=O)O)n1-c1ccc(F)c(F)c1. The summed E-state index contributed by atoms with van der Waals surface area (Å²) < 4.78 is 28.0. The maximum Gasteiger partial charge on any atom is 0.313 e. The summed E-state index contributed by atoms with van der Waals surface area (Å²) in [5, 5.41) is 17.0. The first kappa shape index (κ1) is 15.4. The molecule has 1 N–H and O–H groups in total. The number of carboxylic acids is 1. The molecule has 0 bridgehead atoms. The number of halogens is 2. The van der Waals surface area contributed by atoms with Crippen LogP contribution in [0.4, 0.5) is 8.78 Å². The summed E-state index contributed by atoms with van der Waals surface area (Å²) in [6, 6.07) is 3.47. The topological polar surface area (TPSA) is 68.0 Å². The highest BCUT2D eigenvalue weighted by Crippen LogP contribution is 2.23. The van der Waals surface area contributed by atoms with Gasteiger partial charge in [-0.3, -0.25) is 9.36 Å². The van der Waals surface area contributed by atoms with E-state index in [4.69, 9.17) is 5.11 Å². The summed E-state index contributed by atoms with van der Waals surface area (Å²) in [6.45, 7) is 1.95. The molecular weight excluding hydrogens is 300 g/mol. The third-order valence-corrected chi connectivity index (χ3v) is 3.57. The summed E-state index contributed by atoms with van der Waals surface area (Å²) in [5.74, 6) is -2.51. The third-order valence-electron chi connectivity index (χ3n) is 2.66. The number of hydrogen-bond donors (Lipinski definition) is 1. The molecule has 8 heteroatoms. The van der Waals surface area contributed by atoms with Crippen molar-refractivity contribution < 1.29 is 18.7 Å². The van der Waals surface area contributed by atoms with Crippen LogP contribution in [0.15, 0.2) is 23.4 Å². The fourth-order valence-corrected chi connectivity index (χ4v) is 2.48. The van der Waals surface area contributed by atoms with Gasteiger partial charge in [-0.1, -0.05) is 18.7 Å². The number of rotatable bonds is 6. The van der Waals surface area contributed by atoms with Gasteiger partial charge in [0.2, 0.25) is 0 Å².